The monoisotopic (exact) mass is 442 g/mol. The first-order valence-electron chi connectivity index (χ1n) is 8.51. The predicted octanol–water partition coefficient (Wildman–Crippen LogP) is 4.10. The lowest BCUT2D eigenvalue weighted by Crippen LogP contribution is -2.40. The summed E-state index contributed by atoms with van der Waals surface area (Å²) in [5.74, 6) is 0.753. The zero-order chi connectivity index (χ0) is 19.0. The molecule has 2 heterocycles. The third kappa shape index (κ3) is 3.55. The molecule has 27 heavy (non-hydrogen) atoms. The SMILES string of the molecule is Cc1ccc(C)c(-n2[nH]cc(C3=NNNN3Cc3ccc(Br)cc3)c2=S)c1. The number of hydrazine groups is 2. The molecule has 1 aromatic heterocycles. The Balaban J connectivity index is 1.65. The third-order valence-electron chi connectivity index (χ3n) is 4.47. The van der Waals surface area contributed by atoms with Crippen LogP contribution in [-0.4, -0.2) is 20.6 Å². The van der Waals surface area contributed by atoms with Crippen molar-refractivity contribution in [3.63, 3.8) is 0 Å². The topological polar surface area (TPSA) is 60.4 Å². The number of hydrazone groups is 1. The second kappa shape index (κ2) is 7.30. The standard InChI is InChI=1S/C19H19BrN6S/c1-12-3-4-13(2)17(9-12)26-19(27)16(10-21-26)18-22-23-24-25(18)11-14-5-7-15(20)8-6-14/h3-10,21,23-24H,11H2,1-2H3. The van der Waals surface area contributed by atoms with Gasteiger partial charge in [0.2, 0.25) is 0 Å². The van der Waals surface area contributed by atoms with E-state index in [2.05, 4.69) is 81.4 Å². The van der Waals surface area contributed by atoms with E-state index in [1.807, 2.05) is 28.0 Å². The van der Waals surface area contributed by atoms with Crippen molar-refractivity contribution in [2.45, 2.75) is 20.4 Å². The molecular formula is C19H19BrN6S. The van der Waals surface area contributed by atoms with Crippen molar-refractivity contribution >= 4 is 34.0 Å². The number of hydrogen-bond acceptors (Lipinski definition) is 5. The normalized spacial score (nSPS) is 13.6. The van der Waals surface area contributed by atoms with E-state index >= 15 is 0 Å². The molecule has 0 bridgehead atoms. The molecule has 3 aromatic rings. The van der Waals surface area contributed by atoms with Gasteiger partial charge in [-0.2, -0.15) is 0 Å². The molecular weight excluding hydrogens is 424 g/mol. The van der Waals surface area contributed by atoms with E-state index in [0.717, 1.165) is 32.7 Å². The van der Waals surface area contributed by atoms with Crippen LogP contribution < -0.4 is 11.1 Å². The second-order valence-electron chi connectivity index (χ2n) is 6.49. The second-order valence-corrected chi connectivity index (χ2v) is 7.79. The van der Waals surface area contributed by atoms with Crippen molar-refractivity contribution in [3.8, 4) is 5.69 Å². The van der Waals surface area contributed by atoms with Crippen LogP contribution in [0.5, 0.6) is 0 Å². The average Bonchev–Trinajstić information content (AvgIpc) is 3.25. The molecule has 0 spiro atoms. The molecule has 0 unspecified atom stereocenters. The lowest BCUT2D eigenvalue weighted by molar-refractivity contribution is 0.288. The number of aromatic nitrogens is 2. The van der Waals surface area contributed by atoms with Crippen molar-refractivity contribution in [1.82, 2.24) is 25.9 Å². The zero-order valence-corrected chi connectivity index (χ0v) is 17.4. The summed E-state index contributed by atoms with van der Waals surface area (Å²) in [6.07, 6.45) is 1.90. The summed E-state index contributed by atoms with van der Waals surface area (Å²) >= 11 is 9.21. The van der Waals surface area contributed by atoms with Crippen LogP contribution in [0.25, 0.3) is 5.69 Å². The molecule has 0 radical (unpaired) electrons. The number of aromatic amines is 1. The predicted molar refractivity (Wildman–Crippen MR) is 113 cm³/mol. The van der Waals surface area contributed by atoms with Gasteiger partial charge >= 0.3 is 0 Å². The van der Waals surface area contributed by atoms with Gasteiger partial charge in [0.05, 0.1) is 17.8 Å². The molecule has 0 aliphatic carbocycles. The molecule has 0 saturated heterocycles. The molecule has 4 rings (SSSR count). The molecule has 0 fully saturated rings. The Labute approximate surface area is 170 Å². The number of hydrogen-bond donors (Lipinski definition) is 3. The molecule has 8 heteroatoms. The number of nitrogens with zero attached hydrogens (tertiary/aromatic N) is 3. The van der Waals surface area contributed by atoms with E-state index in [0.29, 0.717) is 11.2 Å². The van der Waals surface area contributed by atoms with Crippen LogP contribution >= 0.6 is 28.1 Å². The van der Waals surface area contributed by atoms with E-state index in [1.165, 1.54) is 5.56 Å². The smallest absolute Gasteiger partial charge is 0.177 e. The first kappa shape index (κ1) is 18.0. The van der Waals surface area contributed by atoms with Crippen molar-refractivity contribution in [1.29, 1.82) is 0 Å². The van der Waals surface area contributed by atoms with Crippen molar-refractivity contribution < 1.29 is 0 Å². The lowest BCUT2D eigenvalue weighted by Gasteiger charge is -2.18. The Bertz CT molecular complexity index is 1070. The van der Waals surface area contributed by atoms with E-state index in [4.69, 9.17) is 12.2 Å². The van der Waals surface area contributed by atoms with Gasteiger partial charge in [-0.05, 0) is 48.7 Å². The van der Waals surface area contributed by atoms with Gasteiger partial charge in [0.25, 0.3) is 0 Å². The van der Waals surface area contributed by atoms with Crippen LogP contribution in [0.15, 0.2) is 58.2 Å². The zero-order valence-electron chi connectivity index (χ0n) is 15.0. The number of benzene rings is 2. The molecule has 1 aliphatic heterocycles. The molecule has 0 amide bonds. The molecule has 6 nitrogen and oxygen atoms in total. The molecule has 1 aliphatic rings. The minimum Gasteiger partial charge on any atom is -0.299 e. The number of halogens is 1. The highest BCUT2D eigenvalue weighted by Gasteiger charge is 2.22. The van der Waals surface area contributed by atoms with Gasteiger partial charge in [0.15, 0.2) is 5.84 Å². The Hall–Kier alpha value is -2.42. The first-order valence-corrected chi connectivity index (χ1v) is 9.72. The van der Waals surface area contributed by atoms with Crippen LogP contribution in [0.1, 0.15) is 22.3 Å². The summed E-state index contributed by atoms with van der Waals surface area (Å²) in [5.41, 5.74) is 11.3. The summed E-state index contributed by atoms with van der Waals surface area (Å²) in [6, 6.07) is 14.5. The van der Waals surface area contributed by atoms with Gasteiger partial charge < -0.3 is 0 Å². The maximum absolute atomic E-state index is 5.74. The Kier molecular flexibility index (Phi) is 4.86. The molecule has 138 valence electrons. The summed E-state index contributed by atoms with van der Waals surface area (Å²) in [5, 5.41) is 9.59. The summed E-state index contributed by atoms with van der Waals surface area (Å²) < 4.78 is 3.67. The van der Waals surface area contributed by atoms with Gasteiger partial charge in [0, 0.05) is 10.7 Å². The van der Waals surface area contributed by atoms with E-state index in [1.54, 1.807) is 0 Å². The lowest BCUT2D eigenvalue weighted by atomic mass is 10.1. The maximum atomic E-state index is 5.74. The maximum Gasteiger partial charge on any atom is 0.177 e. The highest BCUT2D eigenvalue weighted by molar-refractivity contribution is 9.10. The summed E-state index contributed by atoms with van der Waals surface area (Å²) in [7, 11) is 0. The van der Waals surface area contributed by atoms with Crippen LogP contribution in [0.3, 0.4) is 0 Å². The fourth-order valence-electron chi connectivity index (χ4n) is 3.01. The average molecular weight is 443 g/mol. The fourth-order valence-corrected chi connectivity index (χ4v) is 3.58. The van der Waals surface area contributed by atoms with Gasteiger partial charge in [-0.1, -0.05) is 52.4 Å². The number of H-pyrrole nitrogens is 1. The molecule has 0 saturated carbocycles. The van der Waals surface area contributed by atoms with Crippen molar-refractivity contribution in [3.05, 3.63) is 80.0 Å². The number of aryl methyl sites for hydroxylation is 2. The van der Waals surface area contributed by atoms with Crippen molar-refractivity contribution in [2.75, 3.05) is 0 Å². The van der Waals surface area contributed by atoms with Gasteiger partial charge in [0.1, 0.15) is 4.64 Å². The van der Waals surface area contributed by atoms with Gasteiger partial charge in [-0.25, -0.2) is 10.2 Å². The molecule has 0 atom stereocenters. The Morgan fingerprint density at radius 2 is 1.89 bits per heavy atom. The van der Waals surface area contributed by atoms with Crippen molar-refractivity contribution in [2.24, 2.45) is 5.10 Å². The van der Waals surface area contributed by atoms with E-state index in [-0.39, 0.29) is 0 Å². The van der Waals surface area contributed by atoms with Crippen LogP contribution in [0.2, 0.25) is 0 Å². The summed E-state index contributed by atoms with van der Waals surface area (Å²) in [6.45, 7) is 4.81. The molecule has 3 N–H and O–H groups in total. The third-order valence-corrected chi connectivity index (χ3v) is 5.41. The summed E-state index contributed by atoms with van der Waals surface area (Å²) in [4.78, 5) is 0. The fraction of sp³-hybridized carbons (Fsp3) is 0.158. The largest absolute Gasteiger partial charge is 0.299 e. The Morgan fingerprint density at radius 1 is 1.11 bits per heavy atom. The van der Waals surface area contributed by atoms with E-state index < -0.39 is 0 Å². The Morgan fingerprint density at radius 3 is 2.67 bits per heavy atom. The minimum atomic E-state index is 0.655. The first-order chi connectivity index (χ1) is 13.0. The quantitative estimate of drug-likeness (QED) is 0.532. The minimum absolute atomic E-state index is 0.655. The molecule has 2 aromatic carbocycles. The van der Waals surface area contributed by atoms with Crippen LogP contribution in [-0.2, 0) is 6.54 Å². The van der Waals surface area contributed by atoms with Crippen LogP contribution in [0, 0.1) is 18.5 Å². The number of rotatable bonds is 4. The van der Waals surface area contributed by atoms with E-state index in [9.17, 15) is 0 Å². The number of amidine groups is 1. The van der Waals surface area contributed by atoms with Crippen LogP contribution in [0.4, 0.5) is 0 Å². The highest BCUT2D eigenvalue weighted by Crippen LogP contribution is 2.20. The van der Waals surface area contributed by atoms with Gasteiger partial charge in [-0.15, -0.1) is 10.6 Å². The number of nitrogens with one attached hydrogen (secondary N) is 3. The highest BCUT2D eigenvalue weighted by atomic mass is 79.9. The van der Waals surface area contributed by atoms with Gasteiger partial charge in [-0.3, -0.25) is 10.1 Å².